The molecule has 0 aromatic carbocycles. The van der Waals surface area contributed by atoms with Crippen LogP contribution in [0.4, 0.5) is 0 Å². The number of nitrogens with zero attached hydrogens (tertiary/aromatic N) is 3. The maximum absolute atomic E-state index is 4.38. The van der Waals surface area contributed by atoms with Crippen LogP contribution in [0.25, 0.3) is 5.70 Å². The Morgan fingerprint density at radius 3 is 2.39 bits per heavy atom. The number of hydrogen-bond acceptors (Lipinski definition) is 4. The molecule has 0 amide bonds. The third-order valence-electron chi connectivity index (χ3n) is 3.30. The molecule has 0 saturated heterocycles. The Kier molecular flexibility index (Phi) is 3.50. The zero-order valence-electron chi connectivity index (χ0n) is 11.4. The molecule has 4 heteroatoms. The smallest absolute Gasteiger partial charge is 0.115 e. The molecule has 18 heavy (non-hydrogen) atoms. The van der Waals surface area contributed by atoms with Crippen molar-refractivity contribution in [2.24, 2.45) is 0 Å². The van der Waals surface area contributed by atoms with Crippen LogP contribution in [0.3, 0.4) is 0 Å². The van der Waals surface area contributed by atoms with Crippen molar-refractivity contribution >= 4 is 5.70 Å². The van der Waals surface area contributed by atoms with E-state index in [9.17, 15) is 0 Å². The standard InChI is InChI=1S/C14H20N4/c1-17(2)14(18(3)4)8-10-16-13(11-14)12-7-5-6-9-15-12/h5-11,16H,1-4H3. The van der Waals surface area contributed by atoms with Crippen molar-refractivity contribution in [1.82, 2.24) is 20.1 Å². The molecule has 0 aliphatic carbocycles. The Balaban J connectivity index is 2.43. The fourth-order valence-corrected chi connectivity index (χ4v) is 2.18. The molecule has 1 N–H and O–H groups in total. The van der Waals surface area contributed by atoms with Gasteiger partial charge in [0.05, 0.1) is 11.4 Å². The van der Waals surface area contributed by atoms with Gasteiger partial charge in [0, 0.05) is 12.4 Å². The maximum Gasteiger partial charge on any atom is 0.115 e. The molecule has 1 aromatic rings. The second-order valence-corrected chi connectivity index (χ2v) is 4.82. The van der Waals surface area contributed by atoms with Crippen LogP contribution in [-0.2, 0) is 0 Å². The molecule has 2 rings (SSSR count). The fourth-order valence-electron chi connectivity index (χ4n) is 2.18. The Labute approximate surface area is 109 Å². The van der Waals surface area contributed by atoms with E-state index in [1.807, 2.05) is 30.6 Å². The van der Waals surface area contributed by atoms with Crippen molar-refractivity contribution in [3.63, 3.8) is 0 Å². The summed E-state index contributed by atoms with van der Waals surface area (Å²) in [7, 11) is 8.29. The quantitative estimate of drug-likeness (QED) is 0.814. The summed E-state index contributed by atoms with van der Waals surface area (Å²) in [6, 6.07) is 5.93. The molecule has 0 saturated carbocycles. The number of nitrogens with one attached hydrogen (secondary N) is 1. The van der Waals surface area contributed by atoms with Crippen LogP contribution < -0.4 is 5.32 Å². The second-order valence-electron chi connectivity index (χ2n) is 4.82. The number of aromatic nitrogens is 1. The highest BCUT2D eigenvalue weighted by atomic mass is 15.4. The lowest BCUT2D eigenvalue weighted by atomic mass is 10.0. The first-order valence-corrected chi connectivity index (χ1v) is 5.99. The van der Waals surface area contributed by atoms with Crippen LogP contribution in [0.15, 0.2) is 42.7 Å². The van der Waals surface area contributed by atoms with Crippen LogP contribution in [0.5, 0.6) is 0 Å². The first-order valence-electron chi connectivity index (χ1n) is 5.99. The zero-order valence-corrected chi connectivity index (χ0v) is 11.4. The van der Waals surface area contributed by atoms with E-state index in [0.29, 0.717) is 0 Å². The van der Waals surface area contributed by atoms with Gasteiger partial charge < -0.3 is 5.32 Å². The molecular formula is C14H20N4. The van der Waals surface area contributed by atoms with Gasteiger partial charge in [0.2, 0.25) is 0 Å². The molecule has 0 atom stereocenters. The summed E-state index contributed by atoms with van der Waals surface area (Å²) in [5.74, 6) is 0. The van der Waals surface area contributed by atoms with E-state index in [4.69, 9.17) is 0 Å². The average molecular weight is 244 g/mol. The van der Waals surface area contributed by atoms with Crippen molar-refractivity contribution < 1.29 is 0 Å². The van der Waals surface area contributed by atoms with E-state index in [2.05, 4.69) is 60.4 Å². The number of hydrogen-bond donors (Lipinski definition) is 1. The average Bonchev–Trinajstić information content (AvgIpc) is 2.39. The molecule has 0 unspecified atom stereocenters. The third kappa shape index (κ3) is 2.17. The monoisotopic (exact) mass is 244 g/mol. The lowest BCUT2D eigenvalue weighted by Gasteiger charge is -2.42. The van der Waals surface area contributed by atoms with E-state index in [1.54, 1.807) is 0 Å². The van der Waals surface area contributed by atoms with Gasteiger partial charge in [0.15, 0.2) is 0 Å². The molecule has 0 spiro atoms. The molecular weight excluding hydrogens is 224 g/mol. The van der Waals surface area contributed by atoms with E-state index in [1.165, 1.54) is 0 Å². The molecule has 1 aliphatic heterocycles. The van der Waals surface area contributed by atoms with Gasteiger partial charge >= 0.3 is 0 Å². The summed E-state index contributed by atoms with van der Waals surface area (Å²) in [4.78, 5) is 8.73. The first-order chi connectivity index (χ1) is 8.56. The van der Waals surface area contributed by atoms with Crippen LogP contribution in [0.2, 0.25) is 0 Å². The highest BCUT2D eigenvalue weighted by molar-refractivity contribution is 5.65. The molecule has 0 fully saturated rings. The van der Waals surface area contributed by atoms with Crippen LogP contribution in [0.1, 0.15) is 5.69 Å². The molecule has 1 aromatic heterocycles. The first kappa shape index (κ1) is 12.8. The van der Waals surface area contributed by atoms with Gasteiger partial charge in [-0.05, 0) is 52.5 Å². The van der Waals surface area contributed by atoms with Gasteiger partial charge in [-0.3, -0.25) is 14.8 Å². The molecule has 96 valence electrons. The maximum atomic E-state index is 4.38. The molecule has 2 heterocycles. The topological polar surface area (TPSA) is 31.4 Å². The molecule has 1 aliphatic rings. The predicted octanol–water partition coefficient (Wildman–Crippen LogP) is 1.36. The van der Waals surface area contributed by atoms with Crippen molar-refractivity contribution in [2.45, 2.75) is 5.66 Å². The van der Waals surface area contributed by atoms with Gasteiger partial charge in [-0.1, -0.05) is 6.07 Å². The Bertz CT molecular complexity index is 452. The minimum Gasteiger partial charge on any atom is -0.360 e. The number of rotatable bonds is 3. The molecule has 0 radical (unpaired) electrons. The van der Waals surface area contributed by atoms with Gasteiger partial charge in [-0.25, -0.2) is 0 Å². The summed E-state index contributed by atoms with van der Waals surface area (Å²) in [6.45, 7) is 0. The third-order valence-corrected chi connectivity index (χ3v) is 3.30. The fraction of sp³-hybridized carbons (Fsp3) is 0.357. The summed E-state index contributed by atoms with van der Waals surface area (Å²) in [5, 5.41) is 3.26. The SMILES string of the molecule is CN(C)C1(N(C)C)C=CNC(c2ccccn2)=C1. The summed E-state index contributed by atoms with van der Waals surface area (Å²) >= 11 is 0. The van der Waals surface area contributed by atoms with Crippen molar-refractivity contribution in [3.05, 3.63) is 48.4 Å². The highest BCUT2D eigenvalue weighted by Gasteiger charge is 2.32. The van der Waals surface area contributed by atoms with Gasteiger partial charge in [-0.2, -0.15) is 0 Å². The van der Waals surface area contributed by atoms with Crippen LogP contribution >= 0.6 is 0 Å². The Morgan fingerprint density at radius 2 is 1.83 bits per heavy atom. The lowest BCUT2D eigenvalue weighted by Crippen LogP contribution is -2.53. The largest absolute Gasteiger partial charge is 0.360 e. The number of pyridine rings is 1. The predicted molar refractivity (Wildman–Crippen MR) is 74.6 cm³/mol. The Morgan fingerprint density at radius 1 is 1.11 bits per heavy atom. The highest BCUT2D eigenvalue weighted by Crippen LogP contribution is 2.26. The summed E-state index contributed by atoms with van der Waals surface area (Å²) in [5.41, 5.74) is 1.76. The number of likely N-dealkylation sites (N-methyl/N-ethyl adjacent to an activating group) is 2. The summed E-state index contributed by atoms with van der Waals surface area (Å²) in [6.07, 6.45) is 8.11. The summed E-state index contributed by atoms with van der Waals surface area (Å²) < 4.78 is 0. The van der Waals surface area contributed by atoms with Gasteiger partial charge in [0.1, 0.15) is 5.66 Å². The van der Waals surface area contributed by atoms with Crippen molar-refractivity contribution in [3.8, 4) is 0 Å². The van der Waals surface area contributed by atoms with Gasteiger partial charge in [-0.15, -0.1) is 0 Å². The van der Waals surface area contributed by atoms with E-state index in [-0.39, 0.29) is 5.66 Å². The number of dihydropyridines is 1. The van der Waals surface area contributed by atoms with Crippen LogP contribution in [-0.4, -0.2) is 48.6 Å². The minimum absolute atomic E-state index is 0.224. The van der Waals surface area contributed by atoms with Gasteiger partial charge in [0.25, 0.3) is 0 Å². The minimum atomic E-state index is -0.224. The van der Waals surface area contributed by atoms with E-state index in [0.717, 1.165) is 11.4 Å². The van der Waals surface area contributed by atoms with Crippen molar-refractivity contribution in [2.75, 3.05) is 28.2 Å². The Hall–Kier alpha value is -1.65. The molecule has 4 nitrogen and oxygen atoms in total. The molecule has 0 bridgehead atoms. The van der Waals surface area contributed by atoms with E-state index >= 15 is 0 Å². The lowest BCUT2D eigenvalue weighted by molar-refractivity contribution is 0.0962. The second kappa shape index (κ2) is 4.92. The van der Waals surface area contributed by atoms with E-state index < -0.39 is 0 Å². The van der Waals surface area contributed by atoms with Crippen LogP contribution in [0, 0.1) is 0 Å². The van der Waals surface area contributed by atoms with Crippen molar-refractivity contribution in [1.29, 1.82) is 0 Å². The zero-order chi connectivity index (χ0) is 13.2. The normalized spacial score (nSPS) is 17.8.